The first kappa shape index (κ1) is 16.3. The standard InChI is InChI=1S/C19H22N4O/c1-13-8-16(10-20)4-5-18(13)24-12-17-6-7-23(11-17)19-21-14(2)9-15(3)22-19/h4-5,8-9,17H,6-7,11-12H2,1-3H3. The molecule has 0 spiro atoms. The fourth-order valence-corrected chi connectivity index (χ4v) is 3.09. The SMILES string of the molecule is Cc1cc(C)nc(N2CCC(COc3ccc(C#N)cc3C)C2)n1. The maximum atomic E-state index is 8.92. The molecule has 0 radical (unpaired) electrons. The molecule has 1 aromatic heterocycles. The van der Waals surface area contributed by atoms with Gasteiger partial charge in [0.15, 0.2) is 0 Å². The molecule has 0 aliphatic carbocycles. The molecular formula is C19H22N4O. The first-order chi connectivity index (χ1) is 11.5. The summed E-state index contributed by atoms with van der Waals surface area (Å²) < 4.78 is 5.97. The van der Waals surface area contributed by atoms with Gasteiger partial charge in [-0.3, -0.25) is 0 Å². The van der Waals surface area contributed by atoms with Crippen molar-refractivity contribution in [1.29, 1.82) is 5.26 Å². The molecule has 1 aromatic carbocycles. The largest absolute Gasteiger partial charge is 0.493 e. The van der Waals surface area contributed by atoms with E-state index in [0.29, 0.717) is 18.1 Å². The smallest absolute Gasteiger partial charge is 0.225 e. The van der Waals surface area contributed by atoms with Crippen molar-refractivity contribution in [2.24, 2.45) is 5.92 Å². The number of ether oxygens (including phenoxy) is 1. The van der Waals surface area contributed by atoms with Crippen LogP contribution in [0, 0.1) is 38.0 Å². The molecule has 5 heteroatoms. The van der Waals surface area contributed by atoms with Crippen LogP contribution in [0.3, 0.4) is 0 Å². The molecule has 124 valence electrons. The number of benzene rings is 1. The molecule has 1 saturated heterocycles. The second-order valence-corrected chi connectivity index (χ2v) is 6.45. The zero-order valence-electron chi connectivity index (χ0n) is 14.4. The highest BCUT2D eigenvalue weighted by Crippen LogP contribution is 2.24. The van der Waals surface area contributed by atoms with Crippen LogP contribution in [0.4, 0.5) is 5.95 Å². The van der Waals surface area contributed by atoms with Crippen LogP contribution in [-0.2, 0) is 0 Å². The quantitative estimate of drug-likeness (QED) is 0.865. The van der Waals surface area contributed by atoms with Gasteiger partial charge < -0.3 is 9.64 Å². The van der Waals surface area contributed by atoms with Gasteiger partial charge in [0.05, 0.1) is 18.2 Å². The van der Waals surface area contributed by atoms with E-state index in [1.165, 1.54) is 0 Å². The molecular weight excluding hydrogens is 300 g/mol. The number of nitriles is 1. The van der Waals surface area contributed by atoms with E-state index < -0.39 is 0 Å². The second-order valence-electron chi connectivity index (χ2n) is 6.45. The molecule has 1 aliphatic rings. The summed E-state index contributed by atoms with van der Waals surface area (Å²) >= 11 is 0. The molecule has 1 atom stereocenters. The average molecular weight is 322 g/mol. The van der Waals surface area contributed by atoms with Crippen molar-refractivity contribution in [2.45, 2.75) is 27.2 Å². The lowest BCUT2D eigenvalue weighted by molar-refractivity contribution is 0.259. The van der Waals surface area contributed by atoms with E-state index in [0.717, 1.165) is 48.2 Å². The maximum Gasteiger partial charge on any atom is 0.225 e. The number of hydrogen-bond donors (Lipinski definition) is 0. The lowest BCUT2D eigenvalue weighted by atomic mass is 10.1. The van der Waals surface area contributed by atoms with Crippen LogP contribution in [0.5, 0.6) is 5.75 Å². The summed E-state index contributed by atoms with van der Waals surface area (Å²) in [4.78, 5) is 11.3. The Labute approximate surface area is 142 Å². The fourth-order valence-electron chi connectivity index (χ4n) is 3.09. The van der Waals surface area contributed by atoms with Gasteiger partial charge in [0.2, 0.25) is 5.95 Å². The maximum absolute atomic E-state index is 8.92. The van der Waals surface area contributed by atoms with Crippen molar-refractivity contribution in [1.82, 2.24) is 9.97 Å². The first-order valence-electron chi connectivity index (χ1n) is 8.26. The van der Waals surface area contributed by atoms with E-state index in [1.807, 2.05) is 39.0 Å². The molecule has 1 fully saturated rings. The molecule has 2 heterocycles. The summed E-state index contributed by atoms with van der Waals surface area (Å²) in [6.07, 6.45) is 1.08. The molecule has 0 saturated carbocycles. The Morgan fingerprint density at radius 2 is 1.96 bits per heavy atom. The van der Waals surface area contributed by atoms with E-state index in [9.17, 15) is 0 Å². The Kier molecular flexibility index (Phi) is 4.66. The minimum Gasteiger partial charge on any atom is -0.493 e. The molecule has 1 unspecified atom stereocenters. The third-order valence-corrected chi connectivity index (χ3v) is 4.32. The van der Waals surface area contributed by atoms with Crippen LogP contribution in [0.2, 0.25) is 0 Å². The van der Waals surface area contributed by atoms with E-state index in [2.05, 4.69) is 20.9 Å². The van der Waals surface area contributed by atoms with Gasteiger partial charge in [0.25, 0.3) is 0 Å². The number of nitrogens with zero attached hydrogens (tertiary/aromatic N) is 4. The lowest BCUT2D eigenvalue weighted by Gasteiger charge is -2.18. The molecule has 3 rings (SSSR count). The second kappa shape index (κ2) is 6.88. The Hall–Kier alpha value is -2.61. The van der Waals surface area contributed by atoms with E-state index in [1.54, 1.807) is 6.07 Å². The van der Waals surface area contributed by atoms with E-state index in [-0.39, 0.29) is 0 Å². The first-order valence-corrected chi connectivity index (χ1v) is 8.26. The Balaban J connectivity index is 1.59. The molecule has 1 aliphatic heterocycles. The van der Waals surface area contributed by atoms with Crippen LogP contribution >= 0.6 is 0 Å². The van der Waals surface area contributed by atoms with Gasteiger partial charge in [-0.25, -0.2) is 9.97 Å². The van der Waals surface area contributed by atoms with Crippen molar-refractivity contribution in [3.05, 3.63) is 46.8 Å². The van der Waals surface area contributed by atoms with Crippen molar-refractivity contribution in [3.8, 4) is 11.8 Å². The Morgan fingerprint density at radius 3 is 2.62 bits per heavy atom. The normalized spacial score (nSPS) is 16.9. The highest BCUT2D eigenvalue weighted by Gasteiger charge is 2.25. The highest BCUT2D eigenvalue weighted by molar-refractivity contribution is 5.41. The van der Waals surface area contributed by atoms with Crippen LogP contribution in [0.15, 0.2) is 24.3 Å². The van der Waals surface area contributed by atoms with Gasteiger partial charge in [0.1, 0.15) is 5.75 Å². The predicted octanol–water partition coefficient (Wildman–Crippen LogP) is 3.18. The van der Waals surface area contributed by atoms with Crippen LogP contribution < -0.4 is 9.64 Å². The van der Waals surface area contributed by atoms with Crippen LogP contribution in [0.1, 0.15) is 28.9 Å². The number of aryl methyl sites for hydroxylation is 3. The minimum atomic E-state index is 0.462. The van der Waals surface area contributed by atoms with Crippen molar-refractivity contribution in [2.75, 3.05) is 24.6 Å². The summed E-state index contributed by atoms with van der Waals surface area (Å²) in [7, 11) is 0. The number of anilines is 1. The van der Waals surface area contributed by atoms with Crippen molar-refractivity contribution >= 4 is 5.95 Å². The average Bonchev–Trinajstić information content (AvgIpc) is 3.01. The fraction of sp³-hybridized carbons (Fsp3) is 0.421. The third-order valence-electron chi connectivity index (χ3n) is 4.32. The Bertz CT molecular complexity index is 761. The zero-order valence-corrected chi connectivity index (χ0v) is 14.4. The van der Waals surface area contributed by atoms with Gasteiger partial charge in [-0.2, -0.15) is 5.26 Å². The summed E-state index contributed by atoms with van der Waals surface area (Å²) in [6, 6.07) is 9.68. The van der Waals surface area contributed by atoms with Crippen LogP contribution in [-0.4, -0.2) is 29.7 Å². The van der Waals surface area contributed by atoms with Gasteiger partial charge in [0, 0.05) is 30.4 Å². The van der Waals surface area contributed by atoms with Gasteiger partial charge >= 0.3 is 0 Å². The van der Waals surface area contributed by atoms with E-state index in [4.69, 9.17) is 10.00 Å². The summed E-state index contributed by atoms with van der Waals surface area (Å²) in [5.41, 5.74) is 3.68. The van der Waals surface area contributed by atoms with Gasteiger partial charge in [-0.15, -0.1) is 0 Å². The van der Waals surface area contributed by atoms with Gasteiger partial charge in [-0.1, -0.05) is 0 Å². The monoisotopic (exact) mass is 322 g/mol. The van der Waals surface area contributed by atoms with Crippen LogP contribution in [0.25, 0.3) is 0 Å². The molecule has 5 nitrogen and oxygen atoms in total. The number of hydrogen-bond acceptors (Lipinski definition) is 5. The third kappa shape index (κ3) is 3.65. The number of rotatable bonds is 4. The molecule has 24 heavy (non-hydrogen) atoms. The number of aromatic nitrogens is 2. The van der Waals surface area contributed by atoms with Gasteiger partial charge in [-0.05, 0) is 57.0 Å². The predicted molar refractivity (Wildman–Crippen MR) is 93.2 cm³/mol. The molecule has 0 bridgehead atoms. The minimum absolute atomic E-state index is 0.462. The summed E-state index contributed by atoms with van der Waals surface area (Å²) in [6.45, 7) is 8.53. The summed E-state index contributed by atoms with van der Waals surface area (Å²) in [5.74, 6) is 2.14. The van der Waals surface area contributed by atoms with E-state index >= 15 is 0 Å². The zero-order chi connectivity index (χ0) is 17.1. The molecule has 2 aromatic rings. The Morgan fingerprint density at radius 1 is 1.21 bits per heavy atom. The van der Waals surface area contributed by atoms with Crippen molar-refractivity contribution < 1.29 is 4.74 Å². The van der Waals surface area contributed by atoms with Crippen molar-refractivity contribution in [3.63, 3.8) is 0 Å². The lowest BCUT2D eigenvalue weighted by Crippen LogP contribution is -2.24. The summed E-state index contributed by atoms with van der Waals surface area (Å²) in [5, 5.41) is 8.92. The topological polar surface area (TPSA) is 62.0 Å². The molecule has 0 amide bonds. The highest BCUT2D eigenvalue weighted by atomic mass is 16.5. The molecule has 0 N–H and O–H groups in total.